The molecule has 0 fully saturated rings. The number of primary amides is 1. The van der Waals surface area contributed by atoms with Crippen LogP contribution in [0.2, 0.25) is 0 Å². The Morgan fingerprint density at radius 2 is 2.00 bits per heavy atom. The Labute approximate surface area is 158 Å². The SMILES string of the molecule is CCn1c(CCC(N)=O)nnc1SCC(=O)Nc1ccc(OC(F)F)cc1. The van der Waals surface area contributed by atoms with E-state index in [1.807, 2.05) is 11.5 Å². The zero-order valence-electron chi connectivity index (χ0n) is 14.5. The van der Waals surface area contributed by atoms with E-state index in [0.717, 1.165) is 0 Å². The van der Waals surface area contributed by atoms with Crippen LogP contribution < -0.4 is 15.8 Å². The van der Waals surface area contributed by atoms with Crippen LogP contribution in [-0.4, -0.2) is 38.9 Å². The number of carbonyl (C=O) groups is 2. The molecule has 1 heterocycles. The molecule has 0 radical (unpaired) electrons. The second kappa shape index (κ2) is 9.86. The summed E-state index contributed by atoms with van der Waals surface area (Å²) in [4.78, 5) is 23.0. The average Bonchev–Trinajstić information content (AvgIpc) is 3.01. The Morgan fingerprint density at radius 3 is 2.59 bits per heavy atom. The molecular formula is C16H19F2N5O3S. The highest BCUT2D eigenvalue weighted by Gasteiger charge is 2.14. The van der Waals surface area contributed by atoms with Crippen molar-refractivity contribution in [3.63, 3.8) is 0 Å². The fourth-order valence-corrected chi connectivity index (χ4v) is 3.03. The van der Waals surface area contributed by atoms with Crippen LogP contribution in [0.15, 0.2) is 29.4 Å². The first-order valence-electron chi connectivity index (χ1n) is 8.07. The van der Waals surface area contributed by atoms with E-state index >= 15 is 0 Å². The lowest BCUT2D eigenvalue weighted by Gasteiger charge is -2.08. The van der Waals surface area contributed by atoms with Crippen molar-refractivity contribution in [3.05, 3.63) is 30.1 Å². The van der Waals surface area contributed by atoms with Gasteiger partial charge in [-0.15, -0.1) is 10.2 Å². The number of nitrogens with zero attached hydrogens (tertiary/aromatic N) is 3. The smallest absolute Gasteiger partial charge is 0.387 e. The minimum atomic E-state index is -2.90. The molecular weight excluding hydrogens is 380 g/mol. The summed E-state index contributed by atoms with van der Waals surface area (Å²) in [5.74, 6) is 0.0280. The van der Waals surface area contributed by atoms with Crippen LogP contribution in [0.5, 0.6) is 5.75 Å². The Hall–Kier alpha value is -2.69. The lowest BCUT2D eigenvalue weighted by molar-refractivity contribution is -0.118. The first-order valence-corrected chi connectivity index (χ1v) is 9.05. The molecule has 2 amide bonds. The highest BCUT2D eigenvalue weighted by molar-refractivity contribution is 7.99. The molecule has 0 saturated carbocycles. The Bertz CT molecular complexity index is 783. The topological polar surface area (TPSA) is 112 Å². The van der Waals surface area contributed by atoms with Crippen LogP contribution in [-0.2, 0) is 22.6 Å². The maximum Gasteiger partial charge on any atom is 0.387 e. The average molecular weight is 399 g/mol. The number of benzene rings is 1. The lowest BCUT2D eigenvalue weighted by atomic mass is 10.3. The number of alkyl halides is 2. The van der Waals surface area contributed by atoms with Crippen molar-refractivity contribution in [3.8, 4) is 5.75 Å². The number of rotatable bonds is 10. The second-order valence-electron chi connectivity index (χ2n) is 5.35. The Kier molecular flexibility index (Phi) is 7.53. The van der Waals surface area contributed by atoms with Crippen LogP contribution in [0.3, 0.4) is 0 Å². The molecule has 146 valence electrons. The van der Waals surface area contributed by atoms with E-state index in [0.29, 0.717) is 29.6 Å². The zero-order valence-corrected chi connectivity index (χ0v) is 15.3. The summed E-state index contributed by atoms with van der Waals surface area (Å²) in [7, 11) is 0. The van der Waals surface area contributed by atoms with Crippen molar-refractivity contribution in [2.45, 2.75) is 38.1 Å². The third-order valence-electron chi connectivity index (χ3n) is 3.40. The predicted octanol–water partition coefficient (Wildman–Crippen LogP) is 2.05. The summed E-state index contributed by atoms with van der Waals surface area (Å²) in [5, 5.41) is 11.3. The molecule has 3 N–H and O–H groups in total. The van der Waals surface area contributed by atoms with E-state index in [1.165, 1.54) is 36.0 Å². The van der Waals surface area contributed by atoms with Crippen LogP contribution in [0, 0.1) is 0 Å². The van der Waals surface area contributed by atoms with E-state index in [4.69, 9.17) is 5.73 Å². The monoisotopic (exact) mass is 399 g/mol. The largest absolute Gasteiger partial charge is 0.435 e. The molecule has 0 aliphatic heterocycles. The standard InChI is InChI=1S/C16H19F2N5O3S/c1-2-23-13(8-7-12(19)24)21-22-16(23)27-9-14(25)20-10-3-5-11(6-4-10)26-15(17)18/h3-6,15H,2,7-9H2,1H3,(H2,19,24)(H,20,25). The molecule has 0 aliphatic rings. The first-order chi connectivity index (χ1) is 12.9. The molecule has 0 saturated heterocycles. The fourth-order valence-electron chi connectivity index (χ4n) is 2.21. The van der Waals surface area contributed by atoms with Crippen LogP contribution >= 0.6 is 11.8 Å². The third-order valence-corrected chi connectivity index (χ3v) is 4.37. The second-order valence-corrected chi connectivity index (χ2v) is 6.29. The van der Waals surface area contributed by atoms with Gasteiger partial charge in [0, 0.05) is 25.1 Å². The Balaban J connectivity index is 1.89. The summed E-state index contributed by atoms with van der Waals surface area (Å²) in [6, 6.07) is 5.62. The molecule has 0 atom stereocenters. The molecule has 0 aliphatic carbocycles. The number of ether oxygens (including phenoxy) is 1. The number of hydrogen-bond acceptors (Lipinski definition) is 6. The van der Waals surface area contributed by atoms with E-state index in [9.17, 15) is 18.4 Å². The van der Waals surface area contributed by atoms with Gasteiger partial charge >= 0.3 is 6.61 Å². The van der Waals surface area contributed by atoms with Gasteiger partial charge in [0.25, 0.3) is 0 Å². The van der Waals surface area contributed by atoms with Crippen LogP contribution in [0.4, 0.5) is 14.5 Å². The Morgan fingerprint density at radius 1 is 1.30 bits per heavy atom. The van der Waals surface area contributed by atoms with E-state index in [2.05, 4.69) is 20.3 Å². The minimum Gasteiger partial charge on any atom is -0.435 e. The number of carbonyl (C=O) groups excluding carboxylic acids is 2. The van der Waals surface area contributed by atoms with Gasteiger partial charge in [-0.3, -0.25) is 9.59 Å². The number of nitrogens with two attached hydrogens (primary N) is 1. The first kappa shape index (κ1) is 20.6. The van der Waals surface area contributed by atoms with Gasteiger partial charge in [0.05, 0.1) is 5.75 Å². The van der Waals surface area contributed by atoms with Gasteiger partial charge in [0.1, 0.15) is 11.6 Å². The molecule has 2 aromatic rings. The van der Waals surface area contributed by atoms with Crippen molar-refractivity contribution in [1.82, 2.24) is 14.8 Å². The number of halogens is 2. The molecule has 0 unspecified atom stereocenters. The maximum atomic E-state index is 12.1. The molecule has 1 aromatic heterocycles. The maximum absolute atomic E-state index is 12.1. The normalized spacial score (nSPS) is 10.8. The molecule has 1 aromatic carbocycles. The zero-order chi connectivity index (χ0) is 19.8. The van der Waals surface area contributed by atoms with Gasteiger partial charge in [0.15, 0.2) is 5.16 Å². The van der Waals surface area contributed by atoms with Gasteiger partial charge in [0.2, 0.25) is 11.8 Å². The van der Waals surface area contributed by atoms with E-state index in [-0.39, 0.29) is 23.8 Å². The summed E-state index contributed by atoms with van der Waals surface area (Å²) in [5.41, 5.74) is 5.60. The number of anilines is 1. The van der Waals surface area contributed by atoms with E-state index in [1.54, 1.807) is 0 Å². The number of aryl methyl sites for hydroxylation is 1. The summed E-state index contributed by atoms with van der Waals surface area (Å²) >= 11 is 1.20. The van der Waals surface area contributed by atoms with Gasteiger partial charge in [-0.05, 0) is 31.2 Å². The number of amides is 2. The molecule has 0 bridgehead atoms. The van der Waals surface area contributed by atoms with Crippen LogP contribution in [0.25, 0.3) is 0 Å². The molecule has 0 spiro atoms. The molecule has 27 heavy (non-hydrogen) atoms. The fraction of sp³-hybridized carbons (Fsp3) is 0.375. The summed E-state index contributed by atoms with van der Waals surface area (Å²) < 4.78 is 30.3. The van der Waals surface area contributed by atoms with Crippen molar-refractivity contribution in [1.29, 1.82) is 0 Å². The van der Waals surface area contributed by atoms with Crippen molar-refractivity contribution >= 4 is 29.3 Å². The highest BCUT2D eigenvalue weighted by Crippen LogP contribution is 2.20. The van der Waals surface area contributed by atoms with Gasteiger partial charge in [-0.1, -0.05) is 11.8 Å². The summed E-state index contributed by atoms with van der Waals surface area (Å²) in [6.07, 6.45) is 0.560. The number of thioether (sulfide) groups is 1. The molecule has 11 heteroatoms. The van der Waals surface area contributed by atoms with Crippen molar-refractivity contribution < 1.29 is 23.1 Å². The quantitative estimate of drug-likeness (QED) is 0.592. The van der Waals surface area contributed by atoms with Crippen molar-refractivity contribution in [2.24, 2.45) is 5.73 Å². The van der Waals surface area contributed by atoms with Gasteiger partial charge < -0.3 is 20.4 Å². The number of nitrogens with one attached hydrogen (secondary N) is 1. The molecule has 2 rings (SSSR count). The highest BCUT2D eigenvalue weighted by atomic mass is 32.2. The van der Waals surface area contributed by atoms with Crippen molar-refractivity contribution in [2.75, 3.05) is 11.1 Å². The van der Waals surface area contributed by atoms with Gasteiger partial charge in [-0.25, -0.2) is 0 Å². The summed E-state index contributed by atoms with van der Waals surface area (Å²) in [6.45, 7) is -0.397. The predicted molar refractivity (Wildman–Crippen MR) is 95.6 cm³/mol. The molecule has 8 nitrogen and oxygen atoms in total. The third kappa shape index (κ3) is 6.51. The van der Waals surface area contributed by atoms with E-state index < -0.39 is 12.5 Å². The van der Waals surface area contributed by atoms with Crippen LogP contribution in [0.1, 0.15) is 19.2 Å². The number of hydrogen-bond donors (Lipinski definition) is 2. The lowest BCUT2D eigenvalue weighted by Crippen LogP contribution is -2.15. The minimum absolute atomic E-state index is 0.0110. The number of aromatic nitrogens is 3. The van der Waals surface area contributed by atoms with Gasteiger partial charge in [-0.2, -0.15) is 8.78 Å².